The Bertz CT molecular complexity index is 1240. The second-order valence-electron chi connectivity index (χ2n) is 9.44. The van der Waals surface area contributed by atoms with Crippen molar-refractivity contribution in [1.82, 2.24) is 25.6 Å². The number of ether oxygens (including phenoxy) is 1. The number of alkyl carbamates (subject to hydrolysis) is 1. The third kappa shape index (κ3) is 8.27. The molecule has 1 saturated carbocycles. The lowest BCUT2D eigenvalue weighted by molar-refractivity contribution is -0.119. The van der Waals surface area contributed by atoms with E-state index in [0.29, 0.717) is 30.8 Å². The Morgan fingerprint density at radius 1 is 1.08 bits per heavy atom. The molecule has 3 aromatic rings. The van der Waals surface area contributed by atoms with Crippen molar-refractivity contribution in [3.05, 3.63) is 77.6 Å². The van der Waals surface area contributed by atoms with E-state index >= 15 is 0 Å². The molecule has 0 radical (unpaired) electrons. The van der Waals surface area contributed by atoms with Gasteiger partial charge >= 0.3 is 12.1 Å². The average molecular weight is 536 g/mol. The number of hydrogen-bond acceptors (Lipinski definition) is 7. The number of aliphatic hydroxyl groups is 1. The van der Waals surface area contributed by atoms with Gasteiger partial charge in [-0.05, 0) is 54.9 Å². The molecule has 2 aromatic carbocycles. The number of hydrogen-bond donors (Lipinski definition) is 5. The highest BCUT2D eigenvalue weighted by Gasteiger charge is 2.36. The molecule has 206 valence electrons. The number of carbonyl (C=O) groups excluding carboxylic acids is 3. The molecule has 12 nitrogen and oxygen atoms in total. The molecule has 1 aliphatic rings. The van der Waals surface area contributed by atoms with Gasteiger partial charge in [-0.3, -0.25) is 4.79 Å². The first-order valence-corrected chi connectivity index (χ1v) is 12.9. The molecular weight excluding hydrogens is 502 g/mol. The van der Waals surface area contributed by atoms with E-state index in [0.717, 1.165) is 24.0 Å². The summed E-state index contributed by atoms with van der Waals surface area (Å²) in [5.74, 6) is -0.114. The Balaban J connectivity index is 1.44. The summed E-state index contributed by atoms with van der Waals surface area (Å²) in [5.41, 5.74) is 7.86. The molecule has 12 heteroatoms. The second kappa shape index (κ2) is 13.4. The van der Waals surface area contributed by atoms with Crippen molar-refractivity contribution < 1.29 is 24.2 Å². The van der Waals surface area contributed by atoms with Gasteiger partial charge in [0, 0.05) is 12.2 Å². The van der Waals surface area contributed by atoms with E-state index in [1.165, 1.54) is 4.68 Å². The third-order valence-electron chi connectivity index (χ3n) is 6.41. The number of benzene rings is 2. The van der Waals surface area contributed by atoms with Gasteiger partial charge in [-0.15, -0.1) is 5.10 Å². The zero-order chi connectivity index (χ0) is 27.6. The van der Waals surface area contributed by atoms with Gasteiger partial charge in [0.05, 0.1) is 18.8 Å². The van der Waals surface area contributed by atoms with Crippen LogP contribution in [0.4, 0.5) is 15.3 Å². The summed E-state index contributed by atoms with van der Waals surface area (Å²) >= 11 is 0. The monoisotopic (exact) mass is 535 g/mol. The number of aliphatic hydroxyl groups excluding tert-OH is 1. The highest BCUT2D eigenvalue weighted by molar-refractivity contribution is 5.93. The van der Waals surface area contributed by atoms with E-state index < -0.39 is 24.2 Å². The van der Waals surface area contributed by atoms with Crippen molar-refractivity contribution in [3.8, 4) is 0 Å². The summed E-state index contributed by atoms with van der Waals surface area (Å²) < 4.78 is 6.86. The quantitative estimate of drug-likeness (QED) is 0.209. The average Bonchev–Trinajstić information content (AvgIpc) is 3.67. The van der Waals surface area contributed by atoms with E-state index in [4.69, 9.17) is 10.5 Å². The first-order chi connectivity index (χ1) is 18.9. The third-order valence-corrected chi connectivity index (χ3v) is 6.41. The molecule has 2 atom stereocenters. The summed E-state index contributed by atoms with van der Waals surface area (Å²) in [6.07, 6.45) is 3.80. The lowest BCUT2D eigenvalue weighted by Gasteiger charge is -2.18. The number of urea groups is 1. The number of anilines is 1. The van der Waals surface area contributed by atoms with Crippen LogP contribution in [0.1, 0.15) is 54.6 Å². The van der Waals surface area contributed by atoms with Crippen LogP contribution >= 0.6 is 0 Å². The maximum Gasteiger partial charge on any atom is 0.408 e. The lowest BCUT2D eigenvalue weighted by atomic mass is 10.1. The van der Waals surface area contributed by atoms with E-state index in [1.54, 1.807) is 30.5 Å². The Morgan fingerprint density at radius 2 is 1.82 bits per heavy atom. The number of amides is 4. The maximum absolute atomic E-state index is 13.3. The van der Waals surface area contributed by atoms with Crippen molar-refractivity contribution in [3.63, 3.8) is 0 Å². The topological polar surface area (TPSA) is 173 Å². The predicted molar refractivity (Wildman–Crippen MR) is 142 cm³/mol. The molecule has 0 spiro atoms. The highest BCUT2D eigenvalue weighted by Crippen LogP contribution is 2.40. The van der Waals surface area contributed by atoms with Gasteiger partial charge in [0.15, 0.2) is 0 Å². The summed E-state index contributed by atoms with van der Waals surface area (Å²) in [4.78, 5) is 36.9. The molecule has 6 N–H and O–H groups in total. The van der Waals surface area contributed by atoms with Crippen LogP contribution in [0.15, 0.2) is 60.8 Å². The molecule has 1 fully saturated rings. The molecule has 1 heterocycles. The fourth-order valence-corrected chi connectivity index (χ4v) is 4.15. The Morgan fingerprint density at radius 3 is 2.49 bits per heavy atom. The van der Waals surface area contributed by atoms with Gasteiger partial charge in [-0.25, -0.2) is 14.3 Å². The molecule has 1 aliphatic carbocycles. The van der Waals surface area contributed by atoms with Gasteiger partial charge in [0.2, 0.25) is 5.91 Å². The Kier molecular flexibility index (Phi) is 9.46. The molecule has 0 bridgehead atoms. The van der Waals surface area contributed by atoms with Gasteiger partial charge < -0.3 is 31.5 Å². The SMILES string of the molecule is NC(=O)NCCC[C@@H](C(=O)Nc1ccc(CO)cc1)n1cc([C@@H](NC(=O)OCc2ccccc2)C2CC2)nn1. The van der Waals surface area contributed by atoms with Crippen molar-refractivity contribution in [2.45, 2.75) is 51.0 Å². The van der Waals surface area contributed by atoms with E-state index in [9.17, 15) is 19.5 Å². The Hall–Kier alpha value is -4.45. The normalized spacial score (nSPS) is 14.2. The van der Waals surface area contributed by atoms with E-state index in [-0.39, 0.29) is 25.0 Å². The number of carbonyl (C=O) groups is 3. The molecule has 4 amide bonds. The summed E-state index contributed by atoms with van der Waals surface area (Å²) in [6, 6.07) is 14.5. The van der Waals surface area contributed by atoms with E-state index in [2.05, 4.69) is 26.3 Å². The molecule has 0 saturated heterocycles. The van der Waals surface area contributed by atoms with Crippen LogP contribution < -0.4 is 21.7 Å². The predicted octanol–water partition coefficient (Wildman–Crippen LogP) is 2.78. The second-order valence-corrected chi connectivity index (χ2v) is 9.44. The van der Waals surface area contributed by atoms with Crippen LogP contribution in [0, 0.1) is 5.92 Å². The largest absolute Gasteiger partial charge is 0.445 e. The summed E-state index contributed by atoms with van der Waals surface area (Å²) in [6.45, 7) is 0.352. The van der Waals surface area contributed by atoms with Crippen LogP contribution in [0.3, 0.4) is 0 Å². The molecule has 39 heavy (non-hydrogen) atoms. The zero-order valence-corrected chi connectivity index (χ0v) is 21.5. The number of nitrogens with one attached hydrogen (secondary N) is 3. The fourth-order valence-electron chi connectivity index (χ4n) is 4.15. The van der Waals surface area contributed by atoms with Gasteiger partial charge in [0.1, 0.15) is 18.3 Å². The number of nitrogens with zero attached hydrogens (tertiary/aromatic N) is 3. The smallest absolute Gasteiger partial charge is 0.408 e. The van der Waals surface area contributed by atoms with Crippen molar-refractivity contribution in [1.29, 1.82) is 0 Å². The highest BCUT2D eigenvalue weighted by atomic mass is 16.5. The standard InChI is InChI=1S/C27H33N7O5/c28-26(37)29-14-4-7-23(25(36)30-21-12-8-18(16-35)9-13-21)34-15-22(32-33-34)24(20-10-11-20)31-27(38)39-17-19-5-2-1-3-6-19/h1-3,5-6,8-9,12-13,15,20,23-24,35H,4,7,10-11,14,16-17H2,(H,30,36)(H,31,38)(H3,28,29,37)/t23-,24-/m0/s1. The van der Waals surface area contributed by atoms with Gasteiger partial charge in [-0.1, -0.05) is 47.7 Å². The zero-order valence-electron chi connectivity index (χ0n) is 21.5. The van der Waals surface area contributed by atoms with Crippen molar-refractivity contribution in [2.75, 3.05) is 11.9 Å². The first-order valence-electron chi connectivity index (χ1n) is 12.9. The van der Waals surface area contributed by atoms with Crippen LogP contribution in [-0.2, 0) is 22.7 Å². The maximum atomic E-state index is 13.3. The van der Waals surface area contributed by atoms with Crippen LogP contribution in [-0.4, -0.2) is 44.7 Å². The Labute approximate surface area is 225 Å². The van der Waals surface area contributed by atoms with Crippen LogP contribution in [0.25, 0.3) is 0 Å². The molecule has 0 unspecified atom stereocenters. The molecule has 4 rings (SSSR count). The molecule has 0 aliphatic heterocycles. The summed E-state index contributed by atoms with van der Waals surface area (Å²) in [5, 5.41) is 26.1. The molecular formula is C27H33N7O5. The minimum atomic E-state index is -0.733. The van der Waals surface area contributed by atoms with E-state index in [1.807, 2.05) is 30.3 Å². The van der Waals surface area contributed by atoms with Crippen molar-refractivity contribution >= 4 is 23.7 Å². The van der Waals surface area contributed by atoms with Gasteiger partial charge in [0.25, 0.3) is 0 Å². The molecule has 1 aromatic heterocycles. The lowest BCUT2D eigenvalue weighted by Crippen LogP contribution is -2.32. The van der Waals surface area contributed by atoms with Crippen molar-refractivity contribution in [2.24, 2.45) is 11.7 Å². The van der Waals surface area contributed by atoms with Crippen LogP contribution in [0.2, 0.25) is 0 Å². The minimum Gasteiger partial charge on any atom is -0.445 e. The minimum absolute atomic E-state index is 0.0958. The number of primary amides is 1. The fraction of sp³-hybridized carbons (Fsp3) is 0.370. The summed E-state index contributed by atoms with van der Waals surface area (Å²) in [7, 11) is 0. The first kappa shape index (κ1) is 27.6. The van der Waals surface area contributed by atoms with Crippen LogP contribution in [0.5, 0.6) is 0 Å². The van der Waals surface area contributed by atoms with Gasteiger partial charge in [-0.2, -0.15) is 0 Å². The number of aromatic nitrogens is 3. The number of nitrogens with two attached hydrogens (primary N) is 1. The number of rotatable bonds is 13.